The van der Waals surface area contributed by atoms with E-state index in [1.807, 2.05) is 0 Å². The molecular formula is C8H8ClN5O. The summed E-state index contributed by atoms with van der Waals surface area (Å²) >= 11 is 5.64. The molecular weight excluding hydrogens is 218 g/mol. The van der Waals surface area contributed by atoms with Gasteiger partial charge in [0, 0.05) is 0 Å². The van der Waals surface area contributed by atoms with Crippen molar-refractivity contribution in [3.05, 3.63) is 29.1 Å². The highest BCUT2D eigenvalue weighted by Crippen LogP contribution is 2.06. The van der Waals surface area contributed by atoms with Gasteiger partial charge in [0.15, 0.2) is 5.82 Å². The van der Waals surface area contributed by atoms with Crippen molar-refractivity contribution < 1.29 is 4.52 Å². The van der Waals surface area contributed by atoms with E-state index >= 15 is 0 Å². The number of anilines is 1. The van der Waals surface area contributed by atoms with Crippen LogP contribution in [0.5, 0.6) is 0 Å². The van der Waals surface area contributed by atoms with Crippen LogP contribution in [0.4, 0.5) is 5.95 Å². The Morgan fingerprint density at radius 2 is 2.13 bits per heavy atom. The van der Waals surface area contributed by atoms with Gasteiger partial charge in [-0.2, -0.15) is 4.98 Å². The third kappa shape index (κ3) is 2.63. The Bertz CT molecular complexity index is 441. The van der Waals surface area contributed by atoms with Crippen LogP contribution in [0.2, 0.25) is 5.02 Å². The summed E-state index contributed by atoms with van der Waals surface area (Å²) < 4.78 is 4.90. The van der Waals surface area contributed by atoms with Gasteiger partial charge in [-0.1, -0.05) is 16.8 Å². The average Bonchev–Trinajstić information content (AvgIpc) is 2.64. The first-order valence-corrected chi connectivity index (χ1v) is 4.62. The Morgan fingerprint density at radius 1 is 1.40 bits per heavy atom. The molecule has 2 aromatic rings. The van der Waals surface area contributed by atoms with Crippen LogP contribution in [0.25, 0.3) is 0 Å². The average molecular weight is 226 g/mol. The summed E-state index contributed by atoms with van der Waals surface area (Å²) in [5.74, 6) is 1.56. The van der Waals surface area contributed by atoms with Crippen molar-refractivity contribution in [1.29, 1.82) is 0 Å². The maximum absolute atomic E-state index is 5.64. The molecule has 1 N–H and O–H groups in total. The molecule has 2 rings (SSSR count). The molecule has 0 bridgehead atoms. The van der Waals surface area contributed by atoms with Gasteiger partial charge in [-0.15, -0.1) is 0 Å². The Morgan fingerprint density at radius 3 is 2.73 bits per heavy atom. The molecule has 0 aliphatic rings. The van der Waals surface area contributed by atoms with Crippen molar-refractivity contribution >= 4 is 17.5 Å². The van der Waals surface area contributed by atoms with E-state index in [1.54, 1.807) is 6.92 Å². The number of hydrogen-bond acceptors (Lipinski definition) is 6. The Kier molecular flexibility index (Phi) is 2.77. The van der Waals surface area contributed by atoms with E-state index in [4.69, 9.17) is 16.1 Å². The van der Waals surface area contributed by atoms with Crippen molar-refractivity contribution in [3.8, 4) is 0 Å². The van der Waals surface area contributed by atoms with E-state index in [0.29, 0.717) is 29.2 Å². The molecule has 0 fully saturated rings. The summed E-state index contributed by atoms with van der Waals surface area (Å²) in [6.45, 7) is 2.15. The van der Waals surface area contributed by atoms with Crippen molar-refractivity contribution in [2.75, 3.05) is 5.32 Å². The fourth-order valence-electron chi connectivity index (χ4n) is 0.970. The third-order valence-corrected chi connectivity index (χ3v) is 1.78. The molecule has 15 heavy (non-hydrogen) atoms. The van der Waals surface area contributed by atoms with Crippen LogP contribution in [0.3, 0.4) is 0 Å². The lowest BCUT2D eigenvalue weighted by atomic mass is 10.6. The van der Waals surface area contributed by atoms with Crippen molar-refractivity contribution in [2.24, 2.45) is 0 Å². The second-order valence-electron chi connectivity index (χ2n) is 2.81. The van der Waals surface area contributed by atoms with Crippen LogP contribution in [0.15, 0.2) is 16.9 Å². The van der Waals surface area contributed by atoms with Gasteiger partial charge >= 0.3 is 0 Å². The highest BCUT2D eigenvalue weighted by atomic mass is 35.5. The number of aromatic nitrogens is 4. The Hall–Kier alpha value is -1.69. The largest absolute Gasteiger partial charge is 0.345 e. The third-order valence-electron chi connectivity index (χ3n) is 1.59. The van der Waals surface area contributed by atoms with Crippen LogP contribution in [0, 0.1) is 6.92 Å². The van der Waals surface area contributed by atoms with Gasteiger partial charge in [-0.25, -0.2) is 9.97 Å². The number of nitrogens with one attached hydrogen (secondary N) is 1. The molecule has 0 atom stereocenters. The zero-order chi connectivity index (χ0) is 10.7. The fraction of sp³-hybridized carbons (Fsp3) is 0.250. The first kappa shape index (κ1) is 9.85. The van der Waals surface area contributed by atoms with Gasteiger partial charge < -0.3 is 9.84 Å². The SMILES string of the molecule is Cc1noc(CNc2ncc(Cl)cn2)n1. The molecule has 0 aliphatic heterocycles. The molecule has 78 valence electrons. The quantitative estimate of drug-likeness (QED) is 0.852. The molecule has 0 unspecified atom stereocenters. The summed E-state index contributed by atoms with van der Waals surface area (Å²) in [7, 11) is 0. The lowest BCUT2D eigenvalue weighted by Crippen LogP contribution is -2.03. The molecule has 0 aliphatic carbocycles. The van der Waals surface area contributed by atoms with Crippen LogP contribution in [-0.2, 0) is 6.54 Å². The minimum Gasteiger partial charge on any atom is -0.345 e. The van der Waals surface area contributed by atoms with Crippen LogP contribution < -0.4 is 5.32 Å². The Balaban J connectivity index is 1.96. The summed E-state index contributed by atoms with van der Waals surface area (Å²) in [4.78, 5) is 11.9. The molecule has 0 aromatic carbocycles. The standard InChI is InChI=1S/C8H8ClN5O/c1-5-13-7(15-14-5)4-12-8-10-2-6(9)3-11-8/h2-3H,4H2,1H3,(H,10,11,12). The van der Waals surface area contributed by atoms with Gasteiger partial charge in [0.25, 0.3) is 0 Å². The normalized spacial score (nSPS) is 10.3. The minimum absolute atomic E-state index is 0.391. The highest BCUT2D eigenvalue weighted by Gasteiger charge is 2.02. The number of rotatable bonds is 3. The van der Waals surface area contributed by atoms with Crippen molar-refractivity contribution in [2.45, 2.75) is 13.5 Å². The molecule has 7 heteroatoms. The van der Waals surface area contributed by atoms with Gasteiger partial charge in [0.05, 0.1) is 24.0 Å². The van der Waals surface area contributed by atoms with E-state index in [9.17, 15) is 0 Å². The van der Waals surface area contributed by atoms with E-state index in [-0.39, 0.29) is 0 Å². The topological polar surface area (TPSA) is 76.7 Å². The molecule has 0 radical (unpaired) electrons. The van der Waals surface area contributed by atoms with Crippen LogP contribution in [-0.4, -0.2) is 20.1 Å². The molecule has 0 saturated carbocycles. The second-order valence-corrected chi connectivity index (χ2v) is 3.25. The molecule has 0 amide bonds. The molecule has 0 saturated heterocycles. The number of aryl methyl sites for hydroxylation is 1. The van der Waals surface area contributed by atoms with Crippen molar-refractivity contribution in [3.63, 3.8) is 0 Å². The zero-order valence-electron chi connectivity index (χ0n) is 7.94. The first-order chi connectivity index (χ1) is 7.24. The van der Waals surface area contributed by atoms with Gasteiger partial charge in [0.2, 0.25) is 11.8 Å². The molecule has 6 nitrogen and oxygen atoms in total. The molecule has 0 spiro atoms. The minimum atomic E-state index is 0.391. The van der Waals surface area contributed by atoms with Gasteiger partial charge in [0.1, 0.15) is 0 Å². The fourth-order valence-corrected chi connectivity index (χ4v) is 1.07. The Labute approximate surface area is 90.7 Å². The lowest BCUT2D eigenvalue weighted by Gasteiger charge is -1.99. The maximum Gasteiger partial charge on any atom is 0.246 e. The molecule has 2 heterocycles. The number of halogens is 1. The van der Waals surface area contributed by atoms with Crippen LogP contribution >= 0.6 is 11.6 Å². The second kappa shape index (κ2) is 4.22. The van der Waals surface area contributed by atoms with Gasteiger partial charge in [-0.3, -0.25) is 0 Å². The van der Waals surface area contributed by atoms with Crippen molar-refractivity contribution in [1.82, 2.24) is 20.1 Å². The summed E-state index contributed by atoms with van der Waals surface area (Å²) in [5.41, 5.74) is 0. The predicted octanol–water partition coefficient (Wildman–Crippen LogP) is 1.43. The van der Waals surface area contributed by atoms with E-state index in [1.165, 1.54) is 12.4 Å². The zero-order valence-corrected chi connectivity index (χ0v) is 8.69. The maximum atomic E-state index is 5.64. The summed E-state index contributed by atoms with van der Waals surface area (Å²) in [6, 6.07) is 0. The summed E-state index contributed by atoms with van der Waals surface area (Å²) in [5, 5.41) is 7.07. The summed E-state index contributed by atoms with van der Waals surface area (Å²) in [6.07, 6.45) is 3.02. The highest BCUT2D eigenvalue weighted by molar-refractivity contribution is 6.30. The predicted molar refractivity (Wildman–Crippen MR) is 53.4 cm³/mol. The van der Waals surface area contributed by atoms with E-state index in [2.05, 4.69) is 25.4 Å². The number of nitrogens with zero attached hydrogens (tertiary/aromatic N) is 4. The first-order valence-electron chi connectivity index (χ1n) is 4.24. The van der Waals surface area contributed by atoms with Gasteiger partial charge in [-0.05, 0) is 6.92 Å². The van der Waals surface area contributed by atoms with E-state index < -0.39 is 0 Å². The van der Waals surface area contributed by atoms with E-state index in [0.717, 1.165) is 0 Å². The monoisotopic (exact) mass is 225 g/mol. The molecule has 2 aromatic heterocycles. The van der Waals surface area contributed by atoms with Crippen LogP contribution in [0.1, 0.15) is 11.7 Å². The smallest absolute Gasteiger partial charge is 0.246 e. The number of hydrogen-bond donors (Lipinski definition) is 1. The lowest BCUT2D eigenvalue weighted by molar-refractivity contribution is 0.379.